The maximum absolute atomic E-state index is 12.2. The molecule has 2 aliphatic rings. The number of nitrogens with one attached hydrogen (secondary N) is 1. The van der Waals surface area contributed by atoms with Crippen molar-refractivity contribution in [2.45, 2.75) is 19.3 Å². The number of H-pyrrole nitrogens is 1. The molecule has 2 fully saturated rings. The van der Waals surface area contributed by atoms with E-state index in [-0.39, 0.29) is 17.0 Å². The van der Waals surface area contributed by atoms with E-state index in [1.54, 1.807) is 18.3 Å². The van der Waals surface area contributed by atoms with E-state index < -0.39 is 0 Å². The van der Waals surface area contributed by atoms with Gasteiger partial charge < -0.3 is 9.88 Å². The summed E-state index contributed by atoms with van der Waals surface area (Å²) in [4.78, 5) is 28.2. The number of fused-ring (bicyclic) bond motifs is 1. The Morgan fingerprint density at radius 1 is 1.29 bits per heavy atom. The van der Waals surface area contributed by atoms with Crippen LogP contribution >= 0.6 is 0 Å². The highest BCUT2D eigenvalue weighted by molar-refractivity contribution is 5.94. The van der Waals surface area contributed by atoms with Crippen LogP contribution in [-0.2, 0) is 0 Å². The number of likely N-dealkylation sites (tertiary alicyclic amines) is 1. The fraction of sp³-hybridized carbons (Fsp3) is 0.538. The van der Waals surface area contributed by atoms with Crippen LogP contribution in [0, 0.1) is 11.8 Å². The van der Waals surface area contributed by atoms with Crippen molar-refractivity contribution in [3.8, 4) is 0 Å². The minimum Gasteiger partial charge on any atom is -0.338 e. The first-order valence-electron chi connectivity index (χ1n) is 6.22. The SMILES string of the molecule is O=C(c1ccc[nH]c1=O)N1CC2CCCC2C1. The van der Waals surface area contributed by atoms with Crippen LogP contribution in [0.5, 0.6) is 0 Å². The van der Waals surface area contributed by atoms with Gasteiger partial charge in [-0.1, -0.05) is 6.42 Å². The number of carbonyl (C=O) groups is 1. The average Bonchev–Trinajstić information content (AvgIpc) is 2.88. The quantitative estimate of drug-likeness (QED) is 0.792. The smallest absolute Gasteiger partial charge is 0.260 e. The summed E-state index contributed by atoms with van der Waals surface area (Å²) in [7, 11) is 0. The summed E-state index contributed by atoms with van der Waals surface area (Å²) in [5, 5.41) is 0. The predicted octanol–water partition coefficient (Wildman–Crippen LogP) is 1.25. The number of aromatic amines is 1. The highest BCUT2D eigenvalue weighted by atomic mass is 16.2. The van der Waals surface area contributed by atoms with E-state index in [0.717, 1.165) is 13.1 Å². The zero-order valence-corrected chi connectivity index (χ0v) is 9.69. The van der Waals surface area contributed by atoms with Gasteiger partial charge >= 0.3 is 0 Å². The van der Waals surface area contributed by atoms with Crippen LogP contribution in [0.25, 0.3) is 0 Å². The van der Waals surface area contributed by atoms with E-state index >= 15 is 0 Å². The molecule has 2 unspecified atom stereocenters. The van der Waals surface area contributed by atoms with Crippen LogP contribution in [0.2, 0.25) is 0 Å². The van der Waals surface area contributed by atoms with Crippen LogP contribution in [0.3, 0.4) is 0 Å². The van der Waals surface area contributed by atoms with Gasteiger partial charge in [-0.25, -0.2) is 0 Å². The molecule has 1 N–H and O–H groups in total. The van der Waals surface area contributed by atoms with Crippen LogP contribution < -0.4 is 5.56 Å². The number of amides is 1. The maximum atomic E-state index is 12.2. The highest BCUT2D eigenvalue weighted by Gasteiger charge is 2.38. The van der Waals surface area contributed by atoms with Crippen molar-refractivity contribution in [1.29, 1.82) is 0 Å². The summed E-state index contributed by atoms with van der Waals surface area (Å²) in [5.41, 5.74) is -0.0120. The van der Waals surface area contributed by atoms with Crippen molar-refractivity contribution >= 4 is 5.91 Å². The average molecular weight is 232 g/mol. The van der Waals surface area contributed by atoms with Gasteiger partial charge in [0.1, 0.15) is 5.56 Å². The third kappa shape index (κ3) is 1.77. The summed E-state index contributed by atoms with van der Waals surface area (Å²) in [5.74, 6) is 1.23. The fourth-order valence-electron chi connectivity index (χ4n) is 3.16. The number of hydrogen-bond acceptors (Lipinski definition) is 2. The van der Waals surface area contributed by atoms with Crippen molar-refractivity contribution in [2.75, 3.05) is 13.1 Å². The molecule has 1 aliphatic heterocycles. The molecule has 0 aromatic carbocycles. The number of hydrogen-bond donors (Lipinski definition) is 1. The summed E-state index contributed by atoms with van der Waals surface area (Å²) >= 11 is 0. The lowest BCUT2D eigenvalue weighted by atomic mass is 10.0. The first-order chi connectivity index (χ1) is 8.25. The number of carbonyl (C=O) groups excluding carboxylic acids is 1. The van der Waals surface area contributed by atoms with Crippen molar-refractivity contribution < 1.29 is 4.79 Å². The minimum absolute atomic E-state index is 0.110. The first kappa shape index (κ1) is 10.6. The lowest BCUT2D eigenvalue weighted by molar-refractivity contribution is 0.0779. The summed E-state index contributed by atoms with van der Waals surface area (Å²) in [6.45, 7) is 1.66. The Morgan fingerprint density at radius 2 is 2.00 bits per heavy atom. The van der Waals surface area contributed by atoms with Gasteiger partial charge in [-0.15, -0.1) is 0 Å². The molecule has 1 amide bonds. The van der Waals surface area contributed by atoms with Crippen LogP contribution in [0.4, 0.5) is 0 Å². The van der Waals surface area contributed by atoms with Gasteiger partial charge in [0.05, 0.1) is 0 Å². The minimum atomic E-state index is -0.283. The van der Waals surface area contributed by atoms with Gasteiger partial charge in [-0.3, -0.25) is 9.59 Å². The Labute approximate surface area is 99.6 Å². The molecule has 1 aromatic heterocycles. The standard InChI is InChI=1S/C13H16N2O2/c16-12-11(5-2-6-14-12)13(17)15-7-9-3-1-4-10(9)8-15/h2,5-6,9-10H,1,3-4,7-8H2,(H,14,16). The second-order valence-electron chi connectivity index (χ2n) is 5.07. The highest BCUT2D eigenvalue weighted by Crippen LogP contribution is 2.37. The largest absolute Gasteiger partial charge is 0.338 e. The van der Waals surface area contributed by atoms with E-state index in [4.69, 9.17) is 0 Å². The second-order valence-corrected chi connectivity index (χ2v) is 5.07. The molecular formula is C13H16N2O2. The van der Waals surface area contributed by atoms with Gasteiger partial charge in [0.15, 0.2) is 0 Å². The molecule has 90 valence electrons. The molecule has 0 radical (unpaired) electrons. The Hall–Kier alpha value is -1.58. The monoisotopic (exact) mass is 232 g/mol. The van der Waals surface area contributed by atoms with Gasteiger partial charge in [-0.05, 0) is 36.8 Å². The van der Waals surface area contributed by atoms with Crippen molar-refractivity contribution in [3.05, 3.63) is 34.2 Å². The van der Waals surface area contributed by atoms with E-state index in [2.05, 4.69) is 4.98 Å². The van der Waals surface area contributed by atoms with Gasteiger partial charge in [-0.2, -0.15) is 0 Å². The lowest BCUT2D eigenvalue weighted by Crippen LogP contribution is -2.33. The molecule has 4 heteroatoms. The Kier molecular flexibility index (Phi) is 2.50. The summed E-state index contributed by atoms with van der Waals surface area (Å²) in [6.07, 6.45) is 5.32. The van der Waals surface area contributed by atoms with Crippen LogP contribution in [-0.4, -0.2) is 28.9 Å². The second kappa shape index (κ2) is 4.02. The number of nitrogens with zero attached hydrogens (tertiary/aromatic N) is 1. The molecule has 4 nitrogen and oxygen atoms in total. The third-order valence-corrected chi connectivity index (χ3v) is 4.06. The Bertz CT molecular complexity index is 482. The predicted molar refractivity (Wildman–Crippen MR) is 63.8 cm³/mol. The molecule has 2 atom stereocenters. The van der Waals surface area contributed by atoms with E-state index in [0.29, 0.717) is 11.8 Å². The normalized spacial score (nSPS) is 27.2. The zero-order chi connectivity index (χ0) is 11.8. The van der Waals surface area contributed by atoms with Crippen molar-refractivity contribution in [3.63, 3.8) is 0 Å². The van der Waals surface area contributed by atoms with Crippen LogP contribution in [0.1, 0.15) is 29.6 Å². The number of rotatable bonds is 1. The van der Waals surface area contributed by atoms with Crippen molar-refractivity contribution in [2.24, 2.45) is 11.8 Å². The third-order valence-electron chi connectivity index (χ3n) is 4.06. The van der Waals surface area contributed by atoms with E-state index in [1.165, 1.54) is 19.3 Å². The molecular weight excluding hydrogens is 216 g/mol. The van der Waals surface area contributed by atoms with Gasteiger partial charge in [0.2, 0.25) is 0 Å². The lowest BCUT2D eigenvalue weighted by Gasteiger charge is -2.16. The molecule has 1 saturated carbocycles. The molecule has 1 aromatic rings. The fourth-order valence-corrected chi connectivity index (χ4v) is 3.16. The molecule has 1 aliphatic carbocycles. The number of pyridine rings is 1. The summed E-state index contributed by atoms with van der Waals surface area (Å²) < 4.78 is 0. The number of aromatic nitrogens is 1. The van der Waals surface area contributed by atoms with E-state index in [1.807, 2.05) is 4.90 Å². The van der Waals surface area contributed by atoms with Crippen LogP contribution in [0.15, 0.2) is 23.1 Å². The topological polar surface area (TPSA) is 53.2 Å². The molecule has 3 rings (SSSR count). The molecule has 0 bridgehead atoms. The molecule has 17 heavy (non-hydrogen) atoms. The molecule has 2 heterocycles. The first-order valence-corrected chi connectivity index (χ1v) is 6.22. The van der Waals surface area contributed by atoms with Crippen molar-refractivity contribution in [1.82, 2.24) is 9.88 Å². The maximum Gasteiger partial charge on any atom is 0.260 e. The van der Waals surface area contributed by atoms with Gasteiger partial charge in [0.25, 0.3) is 11.5 Å². The van der Waals surface area contributed by atoms with E-state index in [9.17, 15) is 9.59 Å². The van der Waals surface area contributed by atoms with Gasteiger partial charge in [0, 0.05) is 19.3 Å². The Morgan fingerprint density at radius 3 is 2.65 bits per heavy atom. The molecule has 1 saturated heterocycles. The zero-order valence-electron chi connectivity index (χ0n) is 9.69. The molecule has 0 spiro atoms. The summed E-state index contributed by atoms with van der Waals surface area (Å²) in [6, 6.07) is 3.31. The Balaban J connectivity index is 1.80.